The molecule has 0 aliphatic rings. The second kappa shape index (κ2) is 5.78. The van der Waals surface area contributed by atoms with Gasteiger partial charge in [0.25, 0.3) is 0 Å². The van der Waals surface area contributed by atoms with Crippen molar-refractivity contribution in [3.8, 4) is 0 Å². The minimum absolute atomic E-state index is 0.382. The molecule has 0 aliphatic heterocycles. The molecular weight excluding hydrogens is 262 g/mol. The van der Waals surface area contributed by atoms with Crippen molar-refractivity contribution in [3.63, 3.8) is 0 Å². The molecule has 0 fully saturated rings. The number of nitrogens with one attached hydrogen (secondary N) is 1. The fourth-order valence-corrected chi connectivity index (χ4v) is 3.80. The number of aryl methyl sites for hydroxylation is 1. The van der Waals surface area contributed by atoms with Crippen LogP contribution >= 0.6 is 11.3 Å². The molecule has 102 valence electrons. The fraction of sp³-hybridized carbons (Fsp3) is 0.222. The highest BCUT2D eigenvalue weighted by molar-refractivity contribution is 7.19. The van der Waals surface area contributed by atoms with Crippen molar-refractivity contribution in [2.45, 2.75) is 26.4 Å². The van der Waals surface area contributed by atoms with Crippen molar-refractivity contribution in [2.24, 2.45) is 0 Å². The summed E-state index contributed by atoms with van der Waals surface area (Å²) in [4.78, 5) is 1.45. The van der Waals surface area contributed by atoms with Gasteiger partial charge in [-0.3, -0.25) is 0 Å². The van der Waals surface area contributed by atoms with Crippen molar-refractivity contribution in [1.82, 2.24) is 5.32 Å². The average molecular weight is 281 g/mol. The van der Waals surface area contributed by atoms with Gasteiger partial charge in [-0.05, 0) is 36.4 Å². The lowest BCUT2D eigenvalue weighted by molar-refractivity contribution is 0.581. The summed E-state index contributed by atoms with van der Waals surface area (Å²) in [5.74, 6) is 0. The largest absolute Gasteiger partial charge is 0.305 e. The Hall–Kier alpha value is -1.64. The number of benzene rings is 2. The molecule has 0 radical (unpaired) electrons. The summed E-state index contributed by atoms with van der Waals surface area (Å²) in [6.07, 6.45) is 0. The van der Waals surface area contributed by atoms with Crippen LogP contribution in [0.2, 0.25) is 0 Å². The van der Waals surface area contributed by atoms with Crippen LogP contribution in [-0.2, 0) is 6.54 Å². The SMILES string of the molecule is Cc1c(C(C)NCc2ccccc2)sc2ccccc12. The van der Waals surface area contributed by atoms with E-state index < -0.39 is 0 Å². The third kappa shape index (κ3) is 2.62. The summed E-state index contributed by atoms with van der Waals surface area (Å²) in [6.45, 7) is 5.39. The van der Waals surface area contributed by atoms with E-state index in [0.29, 0.717) is 6.04 Å². The Balaban J connectivity index is 1.79. The van der Waals surface area contributed by atoms with Crippen LogP contribution in [0.25, 0.3) is 10.1 Å². The van der Waals surface area contributed by atoms with Crippen LogP contribution in [0.15, 0.2) is 54.6 Å². The molecule has 20 heavy (non-hydrogen) atoms. The van der Waals surface area contributed by atoms with E-state index in [2.05, 4.69) is 73.8 Å². The maximum atomic E-state index is 3.63. The predicted octanol–water partition coefficient (Wildman–Crippen LogP) is 5.06. The summed E-state index contributed by atoms with van der Waals surface area (Å²) in [6, 6.07) is 19.6. The van der Waals surface area contributed by atoms with Crippen molar-refractivity contribution < 1.29 is 0 Å². The van der Waals surface area contributed by atoms with Gasteiger partial charge in [-0.25, -0.2) is 0 Å². The van der Waals surface area contributed by atoms with E-state index >= 15 is 0 Å². The second-order valence-corrected chi connectivity index (χ2v) is 6.26. The third-order valence-corrected chi connectivity index (χ3v) is 5.18. The molecular formula is C18H19NS. The highest BCUT2D eigenvalue weighted by atomic mass is 32.1. The fourth-order valence-electron chi connectivity index (χ4n) is 2.57. The first-order valence-electron chi connectivity index (χ1n) is 7.01. The van der Waals surface area contributed by atoms with E-state index in [1.165, 1.54) is 26.1 Å². The molecule has 3 rings (SSSR count). The van der Waals surface area contributed by atoms with Gasteiger partial charge in [0.05, 0.1) is 0 Å². The summed E-state index contributed by atoms with van der Waals surface area (Å²) >= 11 is 1.90. The van der Waals surface area contributed by atoms with Gasteiger partial charge in [0.2, 0.25) is 0 Å². The van der Waals surface area contributed by atoms with Crippen LogP contribution in [0.1, 0.15) is 29.0 Å². The van der Waals surface area contributed by atoms with E-state index in [0.717, 1.165) is 6.54 Å². The smallest absolute Gasteiger partial charge is 0.0391 e. The summed E-state index contributed by atoms with van der Waals surface area (Å²) in [5.41, 5.74) is 2.75. The third-order valence-electron chi connectivity index (χ3n) is 3.73. The highest BCUT2D eigenvalue weighted by Crippen LogP contribution is 2.34. The zero-order chi connectivity index (χ0) is 13.9. The lowest BCUT2D eigenvalue weighted by Gasteiger charge is -2.13. The van der Waals surface area contributed by atoms with Gasteiger partial charge in [-0.2, -0.15) is 0 Å². The number of hydrogen-bond donors (Lipinski definition) is 1. The molecule has 2 heteroatoms. The van der Waals surface area contributed by atoms with Gasteiger partial charge in [0.15, 0.2) is 0 Å². The molecule has 1 heterocycles. The first kappa shape index (κ1) is 13.3. The van der Waals surface area contributed by atoms with Crippen molar-refractivity contribution >= 4 is 21.4 Å². The van der Waals surface area contributed by atoms with Gasteiger partial charge in [0, 0.05) is 22.2 Å². The standard InChI is InChI=1S/C18H19NS/c1-13-16-10-6-7-11-17(16)20-18(13)14(2)19-12-15-8-4-3-5-9-15/h3-11,14,19H,12H2,1-2H3. The Morgan fingerprint density at radius 1 is 1.00 bits per heavy atom. The Morgan fingerprint density at radius 2 is 1.70 bits per heavy atom. The zero-order valence-electron chi connectivity index (χ0n) is 11.9. The zero-order valence-corrected chi connectivity index (χ0v) is 12.7. The van der Waals surface area contributed by atoms with Crippen molar-refractivity contribution in [3.05, 3.63) is 70.6 Å². The molecule has 1 unspecified atom stereocenters. The molecule has 0 aliphatic carbocycles. The van der Waals surface area contributed by atoms with E-state index in [1.54, 1.807) is 0 Å². The predicted molar refractivity (Wildman–Crippen MR) is 88.3 cm³/mol. The number of hydrogen-bond acceptors (Lipinski definition) is 2. The van der Waals surface area contributed by atoms with Crippen LogP contribution < -0.4 is 5.32 Å². The summed E-state index contributed by atoms with van der Waals surface area (Å²) in [7, 11) is 0. The van der Waals surface area contributed by atoms with Crippen molar-refractivity contribution in [1.29, 1.82) is 0 Å². The van der Waals surface area contributed by atoms with Gasteiger partial charge in [-0.15, -0.1) is 11.3 Å². The van der Waals surface area contributed by atoms with Crippen LogP contribution in [-0.4, -0.2) is 0 Å². The molecule has 1 aromatic heterocycles. The Kier molecular flexibility index (Phi) is 3.86. The quantitative estimate of drug-likeness (QED) is 0.704. The molecule has 1 nitrogen and oxygen atoms in total. The Labute approximate surface area is 124 Å². The first-order valence-corrected chi connectivity index (χ1v) is 7.82. The molecule has 1 atom stereocenters. The lowest BCUT2D eigenvalue weighted by atomic mass is 10.1. The maximum absolute atomic E-state index is 3.63. The normalized spacial score (nSPS) is 12.7. The second-order valence-electron chi connectivity index (χ2n) is 5.18. The van der Waals surface area contributed by atoms with Crippen LogP contribution in [0.3, 0.4) is 0 Å². The van der Waals surface area contributed by atoms with E-state index in [1.807, 2.05) is 11.3 Å². The minimum Gasteiger partial charge on any atom is -0.305 e. The molecule has 0 saturated heterocycles. The van der Waals surface area contributed by atoms with Gasteiger partial charge < -0.3 is 5.32 Å². The number of rotatable bonds is 4. The first-order chi connectivity index (χ1) is 9.75. The Morgan fingerprint density at radius 3 is 2.45 bits per heavy atom. The molecule has 0 spiro atoms. The summed E-state index contributed by atoms with van der Waals surface area (Å²) in [5, 5.41) is 5.02. The molecule has 0 amide bonds. The topological polar surface area (TPSA) is 12.0 Å². The van der Waals surface area contributed by atoms with Crippen LogP contribution in [0, 0.1) is 6.92 Å². The van der Waals surface area contributed by atoms with Crippen LogP contribution in [0.5, 0.6) is 0 Å². The average Bonchev–Trinajstić information content (AvgIpc) is 2.84. The maximum Gasteiger partial charge on any atom is 0.0391 e. The monoisotopic (exact) mass is 281 g/mol. The number of fused-ring (bicyclic) bond motifs is 1. The molecule has 1 N–H and O–H groups in total. The molecule has 3 aromatic rings. The molecule has 0 saturated carbocycles. The van der Waals surface area contributed by atoms with E-state index in [-0.39, 0.29) is 0 Å². The lowest BCUT2D eigenvalue weighted by Crippen LogP contribution is -2.17. The van der Waals surface area contributed by atoms with Gasteiger partial charge in [0.1, 0.15) is 0 Å². The van der Waals surface area contributed by atoms with E-state index in [4.69, 9.17) is 0 Å². The number of thiophene rings is 1. The van der Waals surface area contributed by atoms with Crippen molar-refractivity contribution in [2.75, 3.05) is 0 Å². The molecule has 0 bridgehead atoms. The highest BCUT2D eigenvalue weighted by Gasteiger charge is 2.13. The Bertz CT molecular complexity index is 700. The summed E-state index contributed by atoms with van der Waals surface area (Å²) < 4.78 is 1.38. The molecule has 2 aromatic carbocycles. The van der Waals surface area contributed by atoms with Crippen LogP contribution in [0.4, 0.5) is 0 Å². The van der Waals surface area contributed by atoms with Gasteiger partial charge in [-0.1, -0.05) is 48.5 Å². The van der Waals surface area contributed by atoms with Gasteiger partial charge >= 0.3 is 0 Å². The van der Waals surface area contributed by atoms with E-state index in [9.17, 15) is 0 Å². The minimum atomic E-state index is 0.382.